The van der Waals surface area contributed by atoms with Gasteiger partial charge in [0.05, 0.1) is 18.0 Å². The maximum Gasteiger partial charge on any atom is 0.433 e. The van der Waals surface area contributed by atoms with E-state index in [0.717, 1.165) is 12.3 Å². The molecule has 0 aromatic carbocycles. The molecule has 2 aliphatic rings. The zero-order valence-corrected chi connectivity index (χ0v) is 18.6. The molecule has 1 saturated carbocycles. The van der Waals surface area contributed by atoms with Crippen LogP contribution in [0.3, 0.4) is 0 Å². The number of anilines is 3. The zero-order chi connectivity index (χ0) is 23.9. The molecule has 1 unspecified atom stereocenters. The van der Waals surface area contributed by atoms with Gasteiger partial charge in [0, 0.05) is 33.0 Å². The summed E-state index contributed by atoms with van der Waals surface area (Å²) in [6.45, 7) is 3.61. The van der Waals surface area contributed by atoms with Gasteiger partial charge < -0.3 is 25.0 Å². The van der Waals surface area contributed by atoms with Crippen molar-refractivity contribution in [1.82, 2.24) is 15.0 Å². The van der Waals surface area contributed by atoms with E-state index in [1.54, 1.807) is 26.0 Å². The fraction of sp³-hybridized carbons (Fsp3) is 0.524. The molecule has 0 spiro atoms. The third kappa shape index (κ3) is 4.65. The maximum atomic E-state index is 12.6. The minimum atomic E-state index is -4.48. The highest BCUT2D eigenvalue weighted by Crippen LogP contribution is 2.35. The van der Waals surface area contributed by atoms with E-state index in [-0.39, 0.29) is 24.2 Å². The summed E-state index contributed by atoms with van der Waals surface area (Å²) < 4.78 is 48.9. The lowest BCUT2D eigenvalue weighted by molar-refractivity contribution is -0.141. The topological polar surface area (TPSA) is 102 Å². The van der Waals surface area contributed by atoms with Crippen LogP contribution in [0.15, 0.2) is 18.3 Å². The first-order valence-corrected chi connectivity index (χ1v) is 10.5. The maximum absolute atomic E-state index is 12.6. The van der Waals surface area contributed by atoms with Crippen molar-refractivity contribution >= 4 is 23.4 Å². The zero-order valence-electron chi connectivity index (χ0n) is 18.6. The Bertz CT molecular complexity index is 1030. The molecule has 9 nitrogen and oxygen atoms in total. The molecule has 0 radical (unpaired) electrons. The predicted molar refractivity (Wildman–Crippen MR) is 114 cm³/mol. The average molecular weight is 466 g/mol. The van der Waals surface area contributed by atoms with Crippen molar-refractivity contribution in [3.8, 4) is 5.75 Å². The Morgan fingerprint density at radius 2 is 2.00 bits per heavy atom. The molecule has 0 saturated heterocycles. The number of pyridine rings is 1. The van der Waals surface area contributed by atoms with Crippen LogP contribution in [0.5, 0.6) is 5.75 Å². The number of methoxy groups -OCH3 is 1. The van der Waals surface area contributed by atoms with Gasteiger partial charge in [-0.2, -0.15) is 18.2 Å². The summed E-state index contributed by atoms with van der Waals surface area (Å²) in [6.07, 6.45) is -2.60. The fourth-order valence-corrected chi connectivity index (χ4v) is 3.96. The first-order valence-electron chi connectivity index (χ1n) is 10.5. The number of amides is 1. The normalized spacial score (nSPS) is 23.3. The number of hydrogen-bond donors (Lipinski definition) is 2. The highest BCUT2D eigenvalue weighted by molar-refractivity contribution is 6.03. The quantitative estimate of drug-likeness (QED) is 0.670. The van der Waals surface area contributed by atoms with Gasteiger partial charge in [0.25, 0.3) is 0 Å². The third-order valence-electron chi connectivity index (χ3n) is 5.91. The van der Waals surface area contributed by atoms with Crippen LogP contribution in [0, 0.1) is 6.92 Å². The Morgan fingerprint density at radius 3 is 2.61 bits per heavy atom. The van der Waals surface area contributed by atoms with Crippen molar-refractivity contribution in [2.75, 3.05) is 29.7 Å². The molecule has 2 aromatic heterocycles. The smallest absolute Gasteiger partial charge is 0.433 e. The highest BCUT2D eigenvalue weighted by atomic mass is 19.4. The van der Waals surface area contributed by atoms with Crippen LogP contribution in [-0.4, -0.2) is 59.3 Å². The second-order valence-electron chi connectivity index (χ2n) is 8.25. The molecule has 1 amide bonds. The van der Waals surface area contributed by atoms with Crippen LogP contribution in [0.4, 0.5) is 30.6 Å². The van der Waals surface area contributed by atoms with Crippen molar-refractivity contribution in [1.29, 1.82) is 0 Å². The van der Waals surface area contributed by atoms with E-state index in [1.165, 1.54) is 6.07 Å². The Kier molecular flexibility index (Phi) is 6.04. The predicted octanol–water partition coefficient (Wildman–Crippen LogP) is 3.01. The van der Waals surface area contributed by atoms with Gasteiger partial charge >= 0.3 is 6.18 Å². The molecule has 3 heterocycles. The van der Waals surface area contributed by atoms with Gasteiger partial charge in [-0.3, -0.25) is 4.79 Å². The highest BCUT2D eigenvalue weighted by Gasteiger charge is 2.38. The molecule has 4 rings (SSSR count). The van der Waals surface area contributed by atoms with Crippen LogP contribution in [0.25, 0.3) is 0 Å². The van der Waals surface area contributed by atoms with Crippen molar-refractivity contribution in [2.45, 2.75) is 57.2 Å². The number of ether oxygens (including phenoxy) is 2. The molecule has 12 heteroatoms. The van der Waals surface area contributed by atoms with Gasteiger partial charge in [0.1, 0.15) is 29.3 Å². The minimum Gasteiger partial charge on any atom is -0.489 e. The van der Waals surface area contributed by atoms with Crippen LogP contribution in [0.2, 0.25) is 0 Å². The van der Waals surface area contributed by atoms with Crippen LogP contribution in [0.1, 0.15) is 31.2 Å². The van der Waals surface area contributed by atoms with E-state index in [0.29, 0.717) is 41.7 Å². The minimum absolute atomic E-state index is 0.0482. The molecular formula is C21H25F3N6O3. The van der Waals surface area contributed by atoms with Crippen molar-refractivity contribution < 1.29 is 27.4 Å². The molecule has 33 heavy (non-hydrogen) atoms. The molecule has 2 atom stereocenters. The first kappa shape index (κ1) is 23.0. The van der Waals surface area contributed by atoms with E-state index in [2.05, 4.69) is 25.6 Å². The van der Waals surface area contributed by atoms with Gasteiger partial charge in [-0.15, -0.1) is 0 Å². The number of carbonyl (C=O) groups is 1. The van der Waals surface area contributed by atoms with Gasteiger partial charge in [0.2, 0.25) is 11.9 Å². The molecule has 0 bridgehead atoms. The van der Waals surface area contributed by atoms with Crippen molar-refractivity contribution in [2.24, 2.45) is 0 Å². The number of hydrogen-bond acceptors (Lipinski definition) is 8. The van der Waals surface area contributed by atoms with Gasteiger partial charge in [-0.05, 0) is 26.0 Å². The lowest BCUT2D eigenvalue weighted by atomic mass is 9.89. The molecule has 2 N–H and O–H groups in total. The molecule has 2 aromatic rings. The van der Waals surface area contributed by atoms with E-state index in [4.69, 9.17) is 9.47 Å². The lowest BCUT2D eigenvalue weighted by Gasteiger charge is -2.38. The summed E-state index contributed by atoms with van der Waals surface area (Å²) in [7, 11) is 3.34. The Morgan fingerprint density at radius 1 is 1.27 bits per heavy atom. The van der Waals surface area contributed by atoms with Crippen molar-refractivity contribution in [3.05, 3.63) is 29.7 Å². The van der Waals surface area contributed by atoms with E-state index >= 15 is 0 Å². The number of fused-ring (bicyclic) bond motifs is 1. The SMILES string of the molecule is COC(C)[C@H]1C(=O)Nc2c(C)nc(N[C@H]3C[C@H](Oc4ccc(C(F)(F)F)nc4)C3)nc2N1C. The fourth-order valence-electron chi connectivity index (χ4n) is 3.96. The number of carbonyl (C=O) groups excluding carboxylic acids is 1. The number of likely N-dealkylation sites (N-methyl/N-ethyl adjacent to an activating group) is 1. The average Bonchev–Trinajstić information content (AvgIpc) is 2.72. The molecule has 1 aliphatic carbocycles. The van der Waals surface area contributed by atoms with E-state index in [1.807, 2.05) is 6.92 Å². The largest absolute Gasteiger partial charge is 0.489 e. The number of alkyl halides is 3. The molecule has 1 fully saturated rings. The monoisotopic (exact) mass is 466 g/mol. The Balaban J connectivity index is 1.38. The standard InChI is InChI=1S/C21H25F3N6O3/c1-10-16-18(30(3)17(11(2)32-4)19(31)28-16)29-20(26-10)27-12-7-14(8-12)33-13-5-6-15(25-9-13)21(22,23)24/h5-6,9,11-12,14,17H,7-8H2,1-4H3,(H,28,31)(H,26,27,29)/t11?,12-,14-,17-/m0/s1. The van der Waals surface area contributed by atoms with Crippen LogP contribution >= 0.6 is 0 Å². The van der Waals surface area contributed by atoms with Gasteiger partial charge in [-0.1, -0.05) is 0 Å². The summed E-state index contributed by atoms with van der Waals surface area (Å²) in [6, 6.07) is 1.70. The molecule has 178 valence electrons. The summed E-state index contributed by atoms with van der Waals surface area (Å²) in [5.41, 5.74) is 0.248. The van der Waals surface area contributed by atoms with Crippen molar-refractivity contribution in [3.63, 3.8) is 0 Å². The van der Waals surface area contributed by atoms with Crippen LogP contribution in [-0.2, 0) is 15.7 Å². The van der Waals surface area contributed by atoms with E-state index in [9.17, 15) is 18.0 Å². The molecular weight excluding hydrogens is 441 g/mol. The second kappa shape index (κ2) is 8.65. The van der Waals surface area contributed by atoms with Gasteiger partial charge in [0.15, 0.2) is 5.82 Å². The third-order valence-corrected chi connectivity index (χ3v) is 5.91. The number of halogens is 3. The number of nitrogens with zero attached hydrogens (tertiary/aromatic N) is 4. The molecule has 1 aliphatic heterocycles. The summed E-state index contributed by atoms with van der Waals surface area (Å²) in [5.74, 6) is 1.14. The Labute approximate surface area is 188 Å². The summed E-state index contributed by atoms with van der Waals surface area (Å²) >= 11 is 0. The van der Waals surface area contributed by atoms with Crippen LogP contribution < -0.4 is 20.3 Å². The Hall–Kier alpha value is -3.15. The second-order valence-corrected chi connectivity index (χ2v) is 8.25. The summed E-state index contributed by atoms with van der Waals surface area (Å²) in [4.78, 5) is 26.8. The number of rotatable bonds is 6. The number of aromatic nitrogens is 3. The number of nitrogens with one attached hydrogen (secondary N) is 2. The first-order chi connectivity index (χ1) is 15.6. The lowest BCUT2D eigenvalue weighted by Crippen LogP contribution is -2.53. The summed E-state index contributed by atoms with van der Waals surface area (Å²) in [5, 5.41) is 6.14. The van der Waals surface area contributed by atoms with Gasteiger partial charge in [-0.25, -0.2) is 9.97 Å². The van der Waals surface area contributed by atoms with E-state index < -0.39 is 17.9 Å². The number of aryl methyl sites for hydroxylation is 1.